The van der Waals surface area contributed by atoms with E-state index in [1.807, 2.05) is 54.6 Å². The van der Waals surface area contributed by atoms with Crippen LogP contribution in [-0.2, 0) is 6.54 Å². The molecule has 0 bridgehead atoms. The third kappa shape index (κ3) is 5.29. The summed E-state index contributed by atoms with van der Waals surface area (Å²) < 4.78 is 5.74. The van der Waals surface area contributed by atoms with Gasteiger partial charge in [-0.25, -0.2) is 0 Å². The third-order valence-electron chi connectivity index (χ3n) is 4.42. The molecule has 0 aliphatic heterocycles. The van der Waals surface area contributed by atoms with Crippen LogP contribution in [0.15, 0.2) is 64.2 Å². The van der Waals surface area contributed by atoms with E-state index in [1.165, 1.54) is 5.56 Å². The molecule has 2 heterocycles. The molecular formula is C21H22N6OS. The average Bonchev–Trinajstić information content (AvgIpc) is 3.42. The van der Waals surface area contributed by atoms with Gasteiger partial charge in [-0.1, -0.05) is 66.2 Å². The average molecular weight is 407 g/mol. The van der Waals surface area contributed by atoms with Gasteiger partial charge in [0.15, 0.2) is 0 Å². The molecular weight excluding hydrogens is 384 g/mol. The van der Waals surface area contributed by atoms with Crippen molar-refractivity contribution in [2.24, 2.45) is 0 Å². The summed E-state index contributed by atoms with van der Waals surface area (Å²) in [6.45, 7) is 2.82. The molecule has 0 saturated carbocycles. The van der Waals surface area contributed by atoms with Gasteiger partial charge in [-0.05, 0) is 37.1 Å². The summed E-state index contributed by atoms with van der Waals surface area (Å²) in [5, 5.41) is 21.6. The molecule has 0 aliphatic carbocycles. The van der Waals surface area contributed by atoms with Crippen LogP contribution in [0.2, 0.25) is 0 Å². The molecule has 2 aromatic carbocycles. The van der Waals surface area contributed by atoms with E-state index in [2.05, 4.69) is 32.5 Å². The van der Waals surface area contributed by atoms with Gasteiger partial charge in [-0.3, -0.25) is 0 Å². The number of tetrazole rings is 1. The Kier molecular flexibility index (Phi) is 6.31. The zero-order valence-corrected chi connectivity index (χ0v) is 17.0. The maximum atomic E-state index is 5.74. The van der Waals surface area contributed by atoms with Gasteiger partial charge in [0.1, 0.15) is 0 Å². The van der Waals surface area contributed by atoms with Crippen molar-refractivity contribution in [1.82, 2.24) is 30.4 Å². The molecule has 4 rings (SSSR count). The van der Waals surface area contributed by atoms with Crippen molar-refractivity contribution in [3.63, 3.8) is 0 Å². The summed E-state index contributed by atoms with van der Waals surface area (Å²) in [4.78, 5) is 1.67. The molecule has 0 amide bonds. The smallest absolute Gasteiger partial charge is 0.276 e. The SMILES string of the molecule is Cc1ccc(-c2nnc(SCCCCCn3nnc(-c4ccccc4)n3)o2)cc1. The zero-order chi connectivity index (χ0) is 19.9. The lowest BCUT2D eigenvalue weighted by atomic mass is 10.1. The monoisotopic (exact) mass is 406 g/mol. The van der Waals surface area contributed by atoms with Crippen LogP contribution >= 0.6 is 11.8 Å². The van der Waals surface area contributed by atoms with E-state index < -0.39 is 0 Å². The molecule has 4 aromatic rings. The second-order valence-corrected chi connectivity index (χ2v) is 7.77. The largest absolute Gasteiger partial charge is 0.411 e. The van der Waals surface area contributed by atoms with Gasteiger partial charge >= 0.3 is 0 Å². The number of nitrogens with zero attached hydrogens (tertiary/aromatic N) is 6. The normalized spacial score (nSPS) is 11.1. The molecule has 0 spiro atoms. The van der Waals surface area contributed by atoms with E-state index in [4.69, 9.17) is 4.42 Å². The standard InChI is InChI=1S/C21H22N6OS/c1-16-10-12-18(13-11-16)20-23-24-21(28-20)29-15-7-3-6-14-27-25-19(22-26-27)17-8-4-2-5-9-17/h2,4-5,8-13H,3,6-7,14-15H2,1H3. The van der Waals surface area contributed by atoms with Crippen molar-refractivity contribution in [3.8, 4) is 22.8 Å². The second-order valence-electron chi connectivity index (χ2n) is 6.72. The summed E-state index contributed by atoms with van der Waals surface area (Å²) >= 11 is 1.60. The number of benzene rings is 2. The maximum absolute atomic E-state index is 5.74. The number of thioether (sulfide) groups is 1. The molecule has 29 heavy (non-hydrogen) atoms. The number of hydrogen-bond donors (Lipinski definition) is 0. The molecule has 0 atom stereocenters. The van der Waals surface area contributed by atoms with Crippen LogP contribution in [0, 0.1) is 6.92 Å². The van der Waals surface area contributed by atoms with E-state index in [0.717, 1.165) is 42.7 Å². The molecule has 8 heteroatoms. The molecule has 0 unspecified atom stereocenters. The number of unbranched alkanes of at least 4 members (excludes halogenated alkanes) is 2. The van der Waals surface area contributed by atoms with Crippen molar-refractivity contribution in [2.75, 3.05) is 5.75 Å². The lowest BCUT2D eigenvalue weighted by molar-refractivity contribution is 0.465. The van der Waals surface area contributed by atoms with Crippen molar-refractivity contribution in [3.05, 3.63) is 60.2 Å². The van der Waals surface area contributed by atoms with Gasteiger partial charge in [0.05, 0.1) is 6.54 Å². The van der Waals surface area contributed by atoms with Gasteiger partial charge in [0.25, 0.3) is 5.22 Å². The van der Waals surface area contributed by atoms with E-state index in [1.54, 1.807) is 16.6 Å². The van der Waals surface area contributed by atoms with Crippen molar-refractivity contribution in [1.29, 1.82) is 0 Å². The maximum Gasteiger partial charge on any atom is 0.276 e. The minimum Gasteiger partial charge on any atom is -0.411 e. The van der Waals surface area contributed by atoms with Gasteiger partial charge in [0.2, 0.25) is 11.7 Å². The Balaban J connectivity index is 1.16. The Morgan fingerprint density at radius 1 is 0.862 bits per heavy atom. The lowest BCUT2D eigenvalue weighted by Gasteiger charge is -1.99. The van der Waals surface area contributed by atoms with Gasteiger partial charge in [-0.2, -0.15) is 4.80 Å². The Morgan fingerprint density at radius 3 is 2.52 bits per heavy atom. The Bertz CT molecular complexity index is 1030. The van der Waals surface area contributed by atoms with Crippen molar-refractivity contribution >= 4 is 11.8 Å². The van der Waals surface area contributed by atoms with E-state index in [-0.39, 0.29) is 0 Å². The summed E-state index contributed by atoms with van der Waals surface area (Å²) in [5.41, 5.74) is 3.14. The molecule has 0 aliphatic rings. The van der Waals surface area contributed by atoms with E-state index >= 15 is 0 Å². The molecule has 0 fully saturated rings. The summed E-state index contributed by atoms with van der Waals surface area (Å²) in [5.74, 6) is 2.18. The Morgan fingerprint density at radius 2 is 1.69 bits per heavy atom. The van der Waals surface area contributed by atoms with E-state index in [9.17, 15) is 0 Å². The Hall–Kier alpha value is -3.00. The van der Waals surface area contributed by atoms with Crippen LogP contribution in [0.3, 0.4) is 0 Å². The van der Waals surface area contributed by atoms with E-state index in [0.29, 0.717) is 16.9 Å². The fourth-order valence-corrected chi connectivity index (χ4v) is 3.57. The predicted molar refractivity (Wildman–Crippen MR) is 112 cm³/mol. The van der Waals surface area contributed by atoms with Gasteiger partial charge < -0.3 is 4.42 Å². The number of aryl methyl sites for hydroxylation is 2. The van der Waals surface area contributed by atoms with Crippen molar-refractivity contribution in [2.45, 2.75) is 38.0 Å². The first kappa shape index (κ1) is 19.3. The van der Waals surface area contributed by atoms with Crippen LogP contribution in [0.25, 0.3) is 22.8 Å². The first-order valence-electron chi connectivity index (χ1n) is 9.64. The lowest BCUT2D eigenvalue weighted by Crippen LogP contribution is -2.02. The minimum absolute atomic E-state index is 0.568. The molecule has 0 N–H and O–H groups in total. The fourth-order valence-electron chi connectivity index (χ4n) is 2.81. The van der Waals surface area contributed by atoms with Crippen LogP contribution in [0.5, 0.6) is 0 Å². The fraction of sp³-hybridized carbons (Fsp3) is 0.286. The topological polar surface area (TPSA) is 82.5 Å². The van der Waals surface area contributed by atoms with Crippen LogP contribution < -0.4 is 0 Å². The number of rotatable bonds is 9. The predicted octanol–water partition coefficient (Wildman–Crippen LogP) is 4.66. The molecule has 0 saturated heterocycles. The summed E-state index contributed by atoms with van der Waals surface area (Å²) in [6, 6.07) is 18.0. The highest BCUT2D eigenvalue weighted by Gasteiger charge is 2.09. The second kappa shape index (κ2) is 9.47. The number of aromatic nitrogens is 6. The molecule has 2 aromatic heterocycles. The highest BCUT2D eigenvalue weighted by molar-refractivity contribution is 7.99. The van der Waals surface area contributed by atoms with Gasteiger partial charge in [-0.15, -0.1) is 20.4 Å². The highest BCUT2D eigenvalue weighted by atomic mass is 32.2. The van der Waals surface area contributed by atoms with Gasteiger partial charge in [0, 0.05) is 16.9 Å². The molecule has 0 radical (unpaired) electrons. The Labute approximate surface area is 173 Å². The minimum atomic E-state index is 0.568. The van der Waals surface area contributed by atoms with Crippen LogP contribution in [0.1, 0.15) is 24.8 Å². The first-order valence-corrected chi connectivity index (χ1v) is 10.6. The van der Waals surface area contributed by atoms with Crippen LogP contribution in [0.4, 0.5) is 0 Å². The van der Waals surface area contributed by atoms with Crippen LogP contribution in [-0.4, -0.2) is 36.2 Å². The zero-order valence-electron chi connectivity index (χ0n) is 16.2. The first-order chi connectivity index (χ1) is 14.3. The molecule has 148 valence electrons. The third-order valence-corrected chi connectivity index (χ3v) is 5.32. The quantitative estimate of drug-likeness (QED) is 0.295. The summed E-state index contributed by atoms with van der Waals surface area (Å²) in [6.07, 6.45) is 3.14. The highest BCUT2D eigenvalue weighted by Crippen LogP contribution is 2.24. The number of hydrogen-bond acceptors (Lipinski definition) is 7. The van der Waals surface area contributed by atoms with Crippen molar-refractivity contribution < 1.29 is 4.42 Å². The summed E-state index contributed by atoms with van der Waals surface area (Å²) in [7, 11) is 0. The molecule has 7 nitrogen and oxygen atoms in total.